The molecule has 0 N–H and O–H groups in total. The lowest BCUT2D eigenvalue weighted by molar-refractivity contribution is -0.158. The zero-order chi connectivity index (χ0) is 22.6. The normalized spacial score (nSPS) is 14.2. The van der Waals surface area contributed by atoms with Gasteiger partial charge in [0.2, 0.25) is 0 Å². The van der Waals surface area contributed by atoms with E-state index in [0.717, 1.165) is 29.8 Å². The summed E-state index contributed by atoms with van der Waals surface area (Å²) in [5.74, 6) is -1.45. The number of alkyl halides is 4. The van der Waals surface area contributed by atoms with Crippen LogP contribution in [0.4, 0.5) is 17.6 Å². The number of rotatable bonds is 5. The van der Waals surface area contributed by atoms with E-state index < -0.39 is 29.5 Å². The highest BCUT2D eigenvalue weighted by Crippen LogP contribution is 2.35. The zero-order valence-corrected chi connectivity index (χ0v) is 16.4. The Hall–Kier alpha value is -3.66. The maximum atomic E-state index is 15.4. The minimum absolute atomic E-state index is 0.190. The van der Waals surface area contributed by atoms with Crippen LogP contribution in [0.25, 0.3) is 0 Å². The SMILES string of the molecule is Cc1ccc([C@](F)(C#N)C(=O)O[C@@H](c2ccccc2)c2ccc(C(F)(F)F)cc2)cc1. The first-order chi connectivity index (χ1) is 14.6. The Morgan fingerprint density at radius 3 is 1.87 bits per heavy atom. The Morgan fingerprint density at radius 1 is 0.839 bits per heavy atom. The molecule has 0 aromatic heterocycles. The molecule has 0 spiro atoms. The maximum absolute atomic E-state index is 15.4. The molecule has 0 saturated heterocycles. The molecule has 0 aliphatic carbocycles. The minimum atomic E-state index is -4.53. The van der Waals surface area contributed by atoms with E-state index in [0.29, 0.717) is 5.56 Å². The van der Waals surface area contributed by atoms with Crippen molar-refractivity contribution in [2.45, 2.75) is 24.9 Å². The summed E-state index contributed by atoms with van der Waals surface area (Å²) in [7, 11) is 0. The van der Waals surface area contributed by atoms with Crippen molar-refractivity contribution in [2.24, 2.45) is 0 Å². The van der Waals surface area contributed by atoms with Gasteiger partial charge in [0.1, 0.15) is 6.07 Å². The fourth-order valence-corrected chi connectivity index (χ4v) is 3.00. The van der Waals surface area contributed by atoms with Crippen molar-refractivity contribution in [1.29, 1.82) is 5.26 Å². The molecule has 0 heterocycles. The van der Waals surface area contributed by atoms with Gasteiger partial charge in [-0.1, -0.05) is 72.3 Å². The molecule has 7 heteroatoms. The molecule has 0 saturated carbocycles. The molecular formula is C24H17F4NO2. The maximum Gasteiger partial charge on any atom is 0.416 e. The number of nitrogens with zero attached hydrogens (tertiary/aromatic N) is 1. The topological polar surface area (TPSA) is 50.1 Å². The van der Waals surface area contributed by atoms with Crippen molar-refractivity contribution in [3.8, 4) is 6.07 Å². The Morgan fingerprint density at radius 2 is 1.35 bits per heavy atom. The molecule has 3 aromatic rings. The molecule has 3 rings (SSSR count). The van der Waals surface area contributed by atoms with Crippen molar-refractivity contribution < 1.29 is 27.1 Å². The number of hydrogen-bond donors (Lipinski definition) is 0. The fraction of sp³-hybridized carbons (Fsp3) is 0.167. The van der Waals surface area contributed by atoms with Gasteiger partial charge in [0.15, 0.2) is 6.10 Å². The number of carbonyl (C=O) groups is 1. The summed E-state index contributed by atoms with van der Waals surface area (Å²) in [6, 6.07) is 19.3. The number of nitriles is 1. The largest absolute Gasteiger partial charge is 0.449 e. The quantitative estimate of drug-likeness (QED) is 0.369. The second-order valence-electron chi connectivity index (χ2n) is 6.95. The second kappa shape index (κ2) is 8.60. The molecule has 158 valence electrons. The third-order valence-corrected chi connectivity index (χ3v) is 4.75. The summed E-state index contributed by atoms with van der Waals surface area (Å²) in [5, 5.41) is 9.41. The van der Waals surface area contributed by atoms with Crippen LogP contribution in [0, 0.1) is 18.3 Å². The highest BCUT2D eigenvalue weighted by molar-refractivity contribution is 5.85. The van der Waals surface area contributed by atoms with Gasteiger partial charge in [-0.3, -0.25) is 0 Å². The smallest absolute Gasteiger partial charge is 0.416 e. The van der Waals surface area contributed by atoms with Crippen LogP contribution in [0.3, 0.4) is 0 Å². The van der Waals surface area contributed by atoms with Crippen LogP contribution in [0.2, 0.25) is 0 Å². The van der Waals surface area contributed by atoms with E-state index in [9.17, 15) is 23.2 Å². The minimum Gasteiger partial charge on any atom is -0.449 e. The first-order valence-electron chi connectivity index (χ1n) is 9.25. The standard InChI is InChI=1S/C24H17F4NO2/c1-16-7-11-19(12-8-16)23(25,15-29)22(30)31-21(17-5-3-2-4-6-17)18-9-13-20(14-10-18)24(26,27)28/h2-14,21H,1H3/t21-,23+/m0/s1. The van der Waals surface area contributed by atoms with Gasteiger partial charge in [-0.05, 0) is 30.2 Å². The van der Waals surface area contributed by atoms with Crippen LogP contribution in [0.1, 0.15) is 33.9 Å². The molecule has 0 aliphatic rings. The first kappa shape index (κ1) is 22.0. The molecular weight excluding hydrogens is 410 g/mol. The van der Waals surface area contributed by atoms with Crippen molar-refractivity contribution >= 4 is 5.97 Å². The predicted octanol–water partition coefficient (Wildman–Crippen LogP) is 6.04. The third-order valence-electron chi connectivity index (χ3n) is 4.75. The Kier molecular flexibility index (Phi) is 6.11. The Labute approximate surface area is 176 Å². The van der Waals surface area contributed by atoms with Crippen molar-refractivity contribution in [2.75, 3.05) is 0 Å². The van der Waals surface area contributed by atoms with Crippen LogP contribution >= 0.6 is 0 Å². The number of hydrogen-bond acceptors (Lipinski definition) is 3. The molecule has 2 atom stereocenters. The lowest BCUT2D eigenvalue weighted by Crippen LogP contribution is -2.32. The Bertz CT molecular complexity index is 1090. The van der Waals surface area contributed by atoms with E-state index in [1.807, 2.05) is 0 Å². The monoisotopic (exact) mass is 427 g/mol. The molecule has 3 aromatic carbocycles. The molecule has 0 bridgehead atoms. The highest BCUT2D eigenvalue weighted by atomic mass is 19.4. The van der Waals surface area contributed by atoms with Gasteiger partial charge in [0, 0.05) is 5.56 Å². The highest BCUT2D eigenvalue weighted by Gasteiger charge is 2.44. The van der Waals surface area contributed by atoms with Crippen LogP contribution in [-0.2, 0) is 21.4 Å². The molecule has 0 aliphatic heterocycles. The van der Waals surface area contributed by atoms with E-state index in [4.69, 9.17) is 4.74 Å². The average Bonchev–Trinajstić information content (AvgIpc) is 2.77. The summed E-state index contributed by atoms with van der Waals surface area (Å²) in [6.45, 7) is 1.77. The number of benzene rings is 3. The van der Waals surface area contributed by atoms with Crippen LogP contribution in [0.5, 0.6) is 0 Å². The van der Waals surface area contributed by atoms with Gasteiger partial charge in [-0.15, -0.1) is 0 Å². The molecule has 3 nitrogen and oxygen atoms in total. The van der Waals surface area contributed by atoms with Crippen molar-refractivity contribution in [3.63, 3.8) is 0 Å². The number of ether oxygens (including phenoxy) is 1. The predicted molar refractivity (Wildman–Crippen MR) is 105 cm³/mol. The van der Waals surface area contributed by atoms with Crippen LogP contribution in [0.15, 0.2) is 78.9 Å². The Balaban J connectivity index is 1.98. The van der Waals surface area contributed by atoms with Gasteiger partial charge in [0.05, 0.1) is 5.56 Å². The number of aryl methyl sites for hydroxylation is 1. The molecule has 31 heavy (non-hydrogen) atoms. The van der Waals surface area contributed by atoms with Crippen LogP contribution in [-0.4, -0.2) is 5.97 Å². The first-order valence-corrected chi connectivity index (χ1v) is 9.25. The third kappa shape index (κ3) is 4.75. The summed E-state index contributed by atoms with van der Waals surface area (Å²) in [5.41, 5.74) is -2.70. The van der Waals surface area contributed by atoms with E-state index in [1.165, 1.54) is 18.2 Å². The lowest BCUT2D eigenvalue weighted by atomic mass is 9.95. The summed E-state index contributed by atoms with van der Waals surface area (Å²) in [4.78, 5) is 12.8. The molecule has 0 amide bonds. The van der Waals surface area contributed by atoms with Gasteiger partial charge in [-0.2, -0.15) is 18.4 Å². The molecule has 0 unspecified atom stereocenters. The average molecular weight is 427 g/mol. The number of carbonyl (C=O) groups excluding carboxylic acids is 1. The number of esters is 1. The molecule has 0 radical (unpaired) electrons. The van der Waals surface area contributed by atoms with Gasteiger partial charge < -0.3 is 4.74 Å². The zero-order valence-electron chi connectivity index (χ0n) is 16.4. The summed E-state index contributed by atoms with van der Waals surface area (Å²) in [6.07, 6.45) is -5.73. The van der Waals surface area contributed by atoms with Crippen molar-refractivity contribution in [3.05, 3.63) is 107 Å². The summed E-state index contributed by atoms with van der Waals surface area (Å²) < 4.78 is 59.5. The molecule has 0 fully saturated rings. The van der Waals surface area contributed by atoms with E-state index in [-0.39, 0.29) is 11.1 Å². The van der Waals surface area contributed by atoms with Gasteiger partial charge in [-0.25, -0.2) is 9.18 Å². The summed E-state index contributed by atoms with van der Waals surface area (Å²) >= 11 is 0. The fourth-order valence-electron chi connectivity index (χ4n) is 3.00. The van der Waals surface area contributed by atoms with Crippen LogP contribution < -0.4 is 0 Å². The van der Waals surface area contributed by atoms with Gasteiger partial charge >= 0.3 is 17.8 Å². The van der Waals surface area contributed by atoms with Crippen molar-refractivity contribution in [1.82, 2.24) is 0 Å². The number of halogens is 4. The lowest BCUT2D eigenvalue weighted by Gasteiger charge is -2.23. The van der Waals surface area contributed by atoms with E-state index in [2.05, 4.69) is 0 Å². The van der Waals surface area contributed by atoms with Gasteiger partial charge in [0.25, 0.3) is 0 Å². The van der Waals surface area contributed by atoms with E-state index in [1.54, 1.807) is 49.4 Å². The van der Waals surface area contributed by atoms with E-state index >= 15 is 4.39 Å². The second-order valence-corrected chi connectivity index (χ2v) is 6.95.